The van der Waals surface area contributed by atoms with Gasteiger partial charge in [-0.05, 0) is 123 Å². The molecule has 0 N–H and O–H groups in total. The lowest BCUT2D eigenvalue weighted by Gasteiger charge is -2.28. The number of furan rings is 2. The minimum atomic E-state index is -2.39. The van der Waals surface area contributed by atoms with Crippen molar-refractivity contribution in [2.45, 2.75) is 64.7 Å². The van der Waals surface area contributed by atoms with Crippen LogP contribution in [0.4, 0.5) is 0 Å². The fourth-order valence-electron chi connectivity index (χ4n) is 14.1. The van der Waals surface area contributed by atoms with Crippen molar-refractivity contribution >= 4 is 80.8 Å². The highest BCUT2D eigenvalue weighted by Gasteiger charge is 2.50. The van der Waals surface area contributed by atoms with Crippen LogP contribution in [0, 0.1) is 0 Å². The monoisotopic (exact) mass is 906 g/mol. The molecular formula is C64H50O2Si2. The number of hydrogen-bond acceptors (Lipinski definition) is 2. The van der Waals surface area contributed by atoms with Crippen LogP contribution in [0.5, 0.6) is 0 Å². The minimum Gasteiger partial charge on any atom is -0.455 e. The van der Waals surface area contributed by atoms with Crippen LogP contribution >= 0.6 is 0 Å². The molecule has 2 aromatic heterocycles. The van der Waals surface area contributed by atoms with Crippen molar-refractivity contribution in [2.75, 3.05) is 0 Å². The largest absolute Gasteiger partial charge is 0.455 e. The van der Waals surface area contributed by atoms with Crippen molar-refractivity contribution < 1.29 is 8.83 Å². The SMILES string of the molecule is CC1(C)c2ccccc2-c2ccc(-c3cc4c(c5oc6ccccc6c35)-c3ccc5c(c3[Si]4(C)C)[Si](C)(C)c3cc(-c4ccc6c(c4)C(C)(C)c4ccccc4-6)c4c(oc6ccccc64)c3-5)cc21. The molecule has 0 saturated carbocycles. The van der Waals surface area contributed by atoms with Gasteiger partial charge in [0, 0.05) is 43.5 Å². The van der Waals surface area contributed by atoms with E-state index in [1.165, 1.54) is 121 Å². The summed E-state index contributed by atoms with van der Waals surface area (Å²) in [7, 11) is -4.78. The second kappa shape index (κ2) is 12.6. The van der Waals surface area contributed by atoms with Gasteiger partial charge < -0.3 is 8.83 Å². The first-order valence-electron chi connectivity index (χ1n) is 24.4. The van der Waals surface area contributed by atoms with Gasteiger partial charge in [-0.2, -0.15) is 0 Å². The van der Waals surface area contributed by atoms with E-state index < -0.39 is 16.1 Å². The zero-order valence-corrected chi connectivity index (χ0v) is 41.8. The second-order valence-electron chi connectivity index (χ2n) is 22.3. The predicted molar refractivity (Wildman–Crippen MR) is 291 cm³/mol. The van der Waals surface area contributed by atoms with Gasteiger partial charge in [0.25, 0.3) is 0 Å². The molecule has 4 heterocycles. The van der Waals surface area contributed by atoms with E-state index in [0.29, 0.717) is 0 Å². The summed E-state index contributed by atoms with van der Waals surface area (Å²) in [5.41, 5.74) is 25.2. The molecule has 9 aromatic carbocycles. The van der Waals surface area contributed by atoms with Gasteiger partial charge in [-0.3, -0.25) is 0 Å². The van der Waals surface area contributed by atoms with Gasteiger partial charge in [0.15, 0.2) is 0 Å². The second-order valence-corrected chi connectivity index (χ2v) is 30.9. The van der Waals surface area contributed by atoms with Gasteiger partial charge in [-0.25, -0.2) is 0 Å². The highest BCUT2D eigenvalue weighted by atomic mass is 28.3. The Bertz CT molecular complexity index is 3880. The minimum absolute atomic E-state index is 0.0968. The number of hydrogen-bond donors (Lipinski definition) is 0. The molecule has 0 bridgehead atoms. The van der Waals surface area contributed by atoms with E-state index >= 15 is 0 Å². The third-order valence-corrected chi connectivity index (χ3v) is 24.7. The van der Waals surface area contributed by atoms with Gasteiger partial charge in [0.05, 0.1) is 0 Å². The van der Waals surface area contributed by atoms with Crippen molar-refractivity contribution in [3.8, 4) is 66.8 Å². The Morgan fingerprint density at radius 3 is 1.16 bits per heavy atom. The Hall–Kier alpha value is -6.99. The summed E-state index contributed by atoms with van der Waals surface area (Å²) in [5, 5.41) is 10.9. The van der Waals surface area contributed by atoms with Gasteiger partial charge >= 0.3 is 0 Å². The average Bonchev–Trinajstić information content (AvgIpc) is 4.14. The molecule has 68 heavy (non-hydrogen) atoms. The standard InChI is InChI=1S/C64H50O2Si2/c1-63(2)47-21-13-9-17-37(47)39-27-25-35(31-49(39)63)45-33-53-57(59-55(45)41-19-11-15-23-51(41)65-59)43-29-30-44-58-54(68(7,8)62(44)61(43)67(53,5)6)34-46(56-42-20-12-16-24-52(42)66-60(56)58)36-26-28-40-38-18-10-14-22-48(38)64(3,4)50(40)32-36/h9-34H,1-8H3. The molecular weight excluding hydrogens is 857 g/mol. The van der Waals surface area contributed by atoms with Crippen molar-refractivity contribution in [3.63, 3.8) is 0 Å². The highest BCUT2D eigenvalue weighted by Crippen LogP contribution is 2.54. The third kappa shape index (κ3) is 4.59. The van der Waals surface area contributed by atoms with E-state index in [1.54, 1.807) is 10.4 Å². The highest BCUT2D eigenvalue weighted by molar-refractivity contribution is 7.13. The van der Waals surface area contributed by atoms with E-state index in [2.05, 4.69) is 212 Å². The Balaban J connectivity index is 0.965. The normalized spacial score (nSPS) is 16.7. The summed E-state index contributed by atoms with van der Waals surface area (Å²) in [6.07, 6.45) is 0. The molecule has 15 rings (SSSR count). The zero-order chi connectivity index (χ0) is 46.0. The molecule has 2 nitrogen and oxygen atoms in total. The molecule has 0 unspecified atom stereocenters. The fraction of sp³-hybridized carbons (Fsp3) is 0.156. The first-order chi connectivity index (χ1) is 32.8. The molecule has 2 aliphatic carbocycles. The quantitative estimate of drug-likeness (QED) is 0.162. The Morgan fingerprint density at radius 2 is 0.721 bits per heavy atom. The summed E-state index contributed by atoms with van der Waals surface area (Å²) in [6.45, 7) is 20.0. The van der Waals surface area contributed by atoms with Crippen molar-refractivity contribution in [1.29, 1.82) is 0 Å². The molecule has 4 aliphatic rings. The summed E-state index contributed by atoms with van der Waals surface area (Å²) in [4.78, 5) is 0. The van der Waals surface area contributed by atoms with Crippen LogP contribution in [-0.2, 0) is 10.8 Å². The Morgan fingerprint density at radius 1 is 0.353 bits per heavy atom. The van der Waals surface area contributed by atoms with Gasteiger partial charge in [0.2, 0.25) is 0 Å². The molecule has 2 aliphatic heterocycles. The number of para-hydroxylation sites is 2. The van der Waals surface area contributed by atoms with Crippen LogP contribution in [0.1, 0.15) is 49.9 Å². The van der Waals surface area contributed by atoms with Crippen LogP contribution in [0.3, 0.4) is 0 Å². The smallest absolute Gasteiger partial charge is 0.143 e. The first-order valence-corrected chi connectivity index (χ1v) is 30.4. The van der Waals surface area contributed by atoms with Gasteiger partial charge in [0.1, 0.15) is 38.5 Å². The molecule has 0 spiro atoms. The average molecular weight is 907 g/mol. The molecule has 0 radical (unpaired) electrons. The topological polar surface area (TPSA) is 26.3 Å². The van der Waals surface area contributed by atoms with Crippen LogP contribution in [0.15, 0.2) is 167 Å². The first kappa shape index (κ1) is 39.1. The third-order valence-electron chi connectivity index (χ3n) is 17.4. The maximum atomic E-state index is 7.17. The van der Waals surface area contributed by atoms with E-state index in [9.17, 15) is 0 Å². The van der Waals surface area contributed by atoms with Crippen molar-refractivity contribution in [3.05, 3.63) is 180 Å². The maximum Gasteiger partial charge on any atom is 0.143 e. The molecule has 4 heteroatoms. The molecule has 326 valence electrons. The predicted octanol–water partition coefficient (Wildman–Crippen LogP) is 15.0. The van der Waals surface area contributed by atoms with E-state index in [0.717, 1.165) is 22.3 Å². The van der Waals surface area contributed by atoms with E-state index in [1.807, 2.05) is 0 Å². The number of benzene rings is 9. The molecule has 0 atom stereocenters. The molecule has 0 saturated heterocycles. The maximum absolute atomic E-state index is 7.17. The summed E-state index contributed by atoms with van der Waals surface area (Å²) < 4.78 is 14.3. The van der Waals surface area contributed by atoms with Gasteiger partial charge in [-0.1, -0.05) is 187 Å². The molecule has 0 amide bonds. The molecule has 11 aromatic rings. The summed E-state index contributed by atoms with van der Waals surface area (Å²) >= 11 is 0. The fourth-order valence-corrected chi connectivity index (χ4v) is 22.6. The van der Waals surface area contributed by atoms with Gasteiger partial charge in [-0.15, -0.1) is 0 Å². The summed E-state index contributed by atoms with van der Waals surface area (Å²) in [6, 6.07) is 59.9. The Kier molecular flexibility index (Phi) is 7.21. The lowest BCUT2D eigenvalue weighted by molar-refractivity contribution is 0.660. The summed E-state index contributed by atoms with van der Waals surface area (Å²) in [5.74, 6) is 0. The van der Waals surface area contributed by atoms with Crippen molar-refractivity contribution in [1.82, 2.24) is 0 Å². The van der Waals surface area contributed by atoms with E-state index in [4.69, 9.17) is 8.83 Å². The molecule has 0 fully saturated rings. The van der Waals surface area contributed by atoms with E-state index in [-0.39, 0.29) is 10.8 Å². The lowest BCUT2D eigenvalue weighted by Crippen LogP contribution is -2.63. The van der Waals surface area contributed by atoms with Crippen LogP contribution in [0.25, 0.3) is 111 Å². The van der Waals surface area contributed by atoms with Crippen LogP contribution < -0.4 is 20.7 Å². The van der Waals surface area contributed by atoms with Crippen molar-refractivity contribution in [2.24, 2.45) is 0 Å². The van der Waals surface area contributed by atoms with Crippen LogP contribution in [0.2, 0.25) is 26.2 Å². The lowest BCUT2D eigenvalue weighted by atomic mass is 9.81. The Labute approximate surface area is 398 Å². The zero-order valence-electron chi connectivity index (χ0n) is 39.8. The number of rotatable bonds is 2. The van der Waals surface area contributed by atoms with Crippen LogP contribution in [-0.4, -0.2) is 16.1 Å². The number of fused-ring (bicyclic) bond motifs is 21.